The molecule has 5 aliphatic heterocycles. The number of nitrogens with zero attached hydrogens (tertiary/aromatic N) is 1. The zero-order chi connectivity index (χ0) is 45.7. The molecule has 3 aliphatic carbocycles. The molecule has 0 unspecified atom stereocenters. The number of aryl methyl sites for hydroxylation is 1. The molecule has 348 valence electrons. The van der Waals surface area contributed by atoms with E-state index in [0.717, 1.165) is 59.9 Å². The minimum absolute atomic E-state index is 0. The fourth-order valence-electron chi connectivity index (χ4n) is 12.8. The maximum absolute atomic E-state index is 14.1. The number of fused-ring (bicyclic) bond motifs is 9. The van der Waals surface area contributed by atoms with Crippen molar-refractivity contribution in [2.45, 2.75) is 137 Å². The Morgan fingerprint density at radius 1 is 1.00 bits per heavy atom. The molecule has 12 nitrogen and oxygen atoms in total. The van der Waals surface area contributed by atoms with Crippen molar-refractivity contribution in [3.05, 3.63) is 106 Å². The number of aliphatic imine (C=N–C) groups is 1. The Hall–Kier alpha value is -3.42. The minimum atomic E-state index is -4.91. The maximum Gasteiger partial charge on any atom is 1.00 e. The summed E-state index contributed by atoms with van der Waals surface area (Å²) in [7, 11) is -4.91. The van der Waals surface area contributed by atoms with Gasteiger partial charge >= 0.3 is 29.6 Å². The largest absolute Gasteiger partial charge is 1.00 e. The van der Waals surface area contributed by atoms with Gasteiger partial charge in [0.05, 0.1) is 27.1 Å². The Kier molecular flexibility index (Phi) is 14.8. The van der Waals surface area contributed by atoms with E-state index >= 15 is 0 Å². The van der Waals surface area contributed by atoms with Crippen molar-refractivity contribution in [1.82, 2.24) is 0 Å². The summed E-state index contributed by atoms with van der Waals surface area (Å²) in [5.41, 5.74) is 15.8. The van der Waals surface area contributed by atoms with Crippen molar-refractivity contribution < 1.29 is 72.4 Å². The molecular formula is C52H64N3NaO9S. The van der Waals surface area contributed by atoms with Crippen molar-refractivity contribution in [3.8, 4) is 23.3 Å². The van der Waals surface area contributed by atoms with Crippen LogP contribution in [0.3, 0.4) is 0 Å². The van der Waals surface area contributed by atoms with Crippen LogP contribution in [-0.4, -0.2) is 69.5 Å². The summed E-state index contributed by atoms with van der Waals surface area (Å²) in [6, 6.07) is 18.8. The molecule has 0 aromatic heterocycles. The summed E-state index contributed by atoms with van der Waals surface area (Å²) in [5, 5.41) is 42.5. The van der Waals surface area contributed by atoms with E-state index < -0.39 is 50.6 Å². The number of hydrogen-bond acceptors (Lipinski definition) is 10. The van der Waals surface area contributed by atoms with Gasteiger partial charge in [-0.25, -0.2) is 13.4 Å². The molecule has 10 bridgehead atoms. The standard InChI is InChI=1S/C52H65N3O9S.Na/c1-31-8-9-35-25-41-15-17-43(35)45(31)28-47(65(60,61)62)46-27-37-23-36(26-42-22-32(30-57)6-5-7-34-24-40(58)14-16-44(34)49(37)63-42)48(46)33-10-12-38(13-11-33)52(64-41,55-50(53)54)29-39(18-21-56)51(59)19-3-2-4-20-51;/h10-17,24-25,27,31-32,36,39,42,45-49,56-59H,2-4,6,8-9,18-23,26,28-30H2,1H3,(H4,53,54,55)(H,60,61,62);/q;+1/p-1/t31-,32+,36-,39+,42-,45+,46-,47-,48+,49-,52-;/m1./s1. The fraction of sp³-hybridized carbons (Fsp3) is 0.558. The first-order valence-electron chi connectivity index (χ1n) is 23.8. The number of hydrogen-bond donors (Lipinski definition) is 6. The fourth-order valence-corrected chi connectivity index (χ4v) is 13.9. The Morgan fingerprint density at radius 3 is 2.47 bits per heavy atom. The molecule has 1 saturated carbocycles. The topological polar surface area (TPSA) is 221 Å². The summed E-state index contributed by atoms with van der Waals surface area (Å²) in [4.78, 5) is 4.91. The number of phenols is 1. The third-order valence-electron chi connectivity index (χ3n) is 16.0. The molecule has 8 N–H and O–H groups in total. The van der Waals surface area contributed by atoms with E-state index in [2.05, 4.69) is 18.8 Å². The molecule has 8 aliphatic rings. The van der Waals surface area contributed by atoms with E-state index in [9.17, 15) is 33.4 Å². The summed E-state index contributed by atoms with van der Waals surface area (Å²) in [5.74, 6) is 4.78. The molecule has 11 atom stereocenters. The number of aromatic hydroxyl groups is 1. The second-order valence-electron chi connectivity index (χ2n) is 20.1. The SMILES string of the molecule is C[C@@H]1CCc2cc3ccc2[C@H]1C[C@@H](S(=O)(=O)[O-])[C@H]1C=C2C[C@H](C[C@H]4C[C@@H](CO)CC#Cc5cc(O)ccc5[C@@H]2O4)[C@@H]1c1ccc(cc1)[C@](C[C@H](CCO)C1(O)CCCCC1)(N=C(N)N)O3.[Na+]. The molecule has 11 rings (SSSR count). The van der Waals surface area contributed by atoms with E-state index in [4.69, 9.17) is 25.9 Å². The van der Waals surface area contributed by atoms with E-state index in [1.165, 1.54) is 0 Å². The number of aliphatic hydroxyl groups is 3. The van der Waals surface area contributed by atoms with Crippen LogP contribution >= 0.6 is 0 Å². The van der Waals surface area contributed by atoms with Gasteiger partial charge < -0.3 is 45.9 Å². The number of nitrogens with two attached hydrogens (primary N) is 2. The molecule has 0 radical (unpaired) electrons. The minimum Gasteiger partial charge on any atom is -0.748 e. The molecule has 66 heavy (non-hydrogen) atoms. The molecular weight excluding hydrogens is 866 g/mol. The van der Waals surface area contributed by atoms with Crippen LogP contribution in [0.25, 0.3) is 0 Å². The Balaban J connectivity index is 0.00000592. The van der Waals surface area contributed by atoms with Gasteiger partial charge in [-0.3, -0.25) is 0 Å². The van der Waals surface area contributed by atoms with Crippen LogP contribution < -0.4 is 45.8 Å². The summed E-state index contributed by atoms with van der Waals surface area (Å²) >= 11 is 0. The Bertz CT molecular complexity index is 2480. The van der Waals surface area contributed by atoms with Gasteiger partial charge in [-0.2, -0.15) is 0 Å². The molecule has 5 heterocycles. The van der Waals surface area contributed by atoms with Gasteiger partial charge in [-0.1, -0.05) is 80.5 Å². The Morgan fingerprint density at radius 2 is 1.76 bits per heavy atom. The van der Waals surface area contributed by atoms with Crippen LogP contribution in [0.5, 0.6) is 11.5 Å². The van der Waals surface area contributed by atoms with Gasteiger partial charge in [-0.05, 0) is 146 Å². The first kappa shape index (κ1) is 49.0. The summed E-state index contributed by atoms with van der Waals surface area (Å²) < 4.78 is 56.5. The maximum atomic E-state index is 14.1. The summed E-state index contributed by atoms with van der Waals surface area (Å²) in [6.07, 6.45) is 9.22. The van der Waals surface area contributed by atoms with E-state index in [0.29, 0.717) is 61.8 Å². The van der Waals surface area contributed by atoms with Gasteiger partial charge in [0.2, 0.25) is 5.72 Å². The van der Waals surface area contributed by atoms with Gasteiger partial charge in [0, 0.05) is 42.7 Å². The smallest absolute Gasteiger partial charge is 0.748 e. The van der Waals surface area contributed by atoms with Crippen molar-refractivity contribution in [3.63, 3.8) is 0 Å². The Labute approximate surface area is 411 Å². The van der Waals surface area contributed by atoms with E-state index in [1.54, 1.807) is 12.1 Å². The molecule has 3 aromatic rings. The molecule has 14 heteroatoms. The van der Waals surface area contributed by atoms with E-state index in [1.807, 2.05) is 54.6 Å². The van der Waals surface area contributed by atoms with Crippen molar-refractivity contribution in [2.24, 2.45) is 46.0 Å². The van der Waals surface area contributed by atoms with Crippen molar-refractivity contribution in [2.75, 3.05) is 13.2 Å². The predicted octanol–water partition coefficient (Wildman–Crippen LogP) is 3.90. The van der Waals surface area contributed by atoms with Gasteiger partial charge in [-0.15, -0.1) is 0 Å². The third kappa shape index (κ3) is 9.87. The van der Waals surface area contributed by atoms with Crippen LogP contribution in [0.4, 0.5) is 0 Å². The number of rotatable bonds is 8. The number of benzene rings is 3. The normalized spacial score (nSPS) is 31.5. The van der Waals surface area contributed by atoms with Crippen LogP contribution in [-0.2, 0) is 27.0 Å². The summed E-state index contributed by atoms with van der Waals surface area (Å²) in [6.45, 7) is 1.91. The zero-order valence-electron chi connectivity index (χ0n) is 38.3. The molecule has 1 saturated heterocycles. The van der Waals surface area contributed by atoms with Gasteiger partial charge in [0.25, 0.3) is 0 Å². The van der Waals surface area contributed by atoms with Crippen LogP contribution in [0.2, 0.25) is 0 Å². The molecule has 0 spiro atoms. The van der Waals surface area contributed by atoms with Crippen molar-refractivity contribution >= 4 is 16.1 Å². The number of ether oxygens (including phenoxy) is 2. The second kappa shape index (κ2) is 19.9. The quantitative estimate of drug-likeness (QED) is 0.0475. The van der Waals surface area contributed by atoms with Crippen LogP contribution in [0, 0.1) is 41.4 Å². The zero-order valence-corrected chi connectivity index (χ0v) is 41.1. The van der Waals surface area contributed by atoms with Crippen LogP contribution in [0.15, 0.2) is 77.3 Å². The number of aliphatic hydroxyl groups excluding tert-OH is 2. The molecule has 2 fully saturated rings. The van der Waals surface area contributed by atoms with Crippen LogP contribution in [0.1, 0.15) is 142 Å². The predicted molar refractivity (Wildman–Crippen MR) is 247 cm³/mol. The number of allylic oxidation sites excluding steroid dienone is 1. The monoisotopic (exact) mass is 929 g/mol. The number of guanidine groups is 1. The van der Waals surface area contributed by atoms with Gasteiger partial charge in [0.1, 0.15) is 17.6 Å². The molecule has 3 aromatic carbocycles. The van der Waals surface area contributed by atoms with Gasteiger partial charge in [0.15, 0.2) is 5.96 Å². The average molecular weight is 930 g/mol. The number of phenolic OH excluding ortho intramolecular Hbond substituents is 1. The first-order chi connectivity index (χ1) is 31.2. The van der Waals surface area contributed by atoms with Crippen molar-refractivity contribution in [1.29, 1.82) is 0 Å². The average Bonchev–Trinajstić information content (AvgIpc) is 3.40. The second-order valence-corrected chi connectivity index (χ2v) is 21.7. The third-order valence-corrected chi connectivity index (χ3v) is 17.3. The molecule has 0 amide bonds. The first-order valence-corrected chi connectivity index (χ1v) is 25.2. The van der Waals surface area contributed by atoms with E-state index in [-0.39, 0.29) is 97.1 Å².